The van der Waals surface area contributed by atoms with E-state index in [1.807, 2.05) is 84.9 Å². The number of ether oxygens (including phenoxy) is 6. The topological polar surface area (TPSA) is 92.7 Å². The Kier molecular flexibility index (Phi) is 10.3. The van der Waals surface area contributed by atoms with Gasteiger partial charge in [-0.25, -0.2) is 0 Å². The number of carbonyl (C=O) groups is 1. The van der Waals surface area contributed by atoms with Gasteiger partial charge in [0, 0.05) is 6.92 Å². The van der Waals surface area contributed by atoms with Crippen LogP contribution in [-0.4, -0.2) is 55.5 Å². The van der Waals surface area contributed by atoms with E-state index in [0.717, 1.165) is 22.4 Å². The number of hydrogen-bond donors (Lipinski definition) is 1. The Balaban J connectivity index is 1.57. The number of benzene rings is 3. The molecule has 0 amide bonds. The number of aliphatic hydroxyl groups excluding tert-OH is 1. The van der Waals surface area contributed by atoms with Gasteiger partial charge in [0.2, 0.25) is 0 Å². The van der Waals surface area contributed by atoms with Crippen LogP contribution in [0, 0.1) is 0 Å². The molecule has 0 aliphatic carbocycles. The summed E-state index contributed by atoms with van der Waals surface area (Å²) in [5.41, 5.74) is 2.81. The van der Waals surface area contributed by atoms with E-state index < -0.39 is 36.7 Å². The van der Waals surface area contributed by atoms with E-state index in [9.17, 15) is 9.90 Å². The Morgan fingerprint density at radius 1 is 0.737 bits per heavy atom. The van der Waals surface area contributed by atoms with Crippen LogP contribution in [0.4, 0.5) is 0 Å². The molecule has 3 aromatic rings. The smallest absolute Gasteiger partial charge is 0.302 e. The highest BCUT2D eigenvalue weighted by molar-refractivity contribution is 5.65. The van der Waals surface area contributed by atoms with E-state index in [2.05, 4.69) is 0 Å². The van der Waals surface area contributed by atoms with Gasteiger partial charge in [0.05, 0.1) is 26.9 Å². The summed E-state index contributed by atoms with van der Waals surface area (Å²) in [5.74, 6) is 0.285. The highest BCUT2D eigenvalue weighted by Gasteiger charge is 2.48. The lowest BCUT2D eigenvalue weighted by molar-refractivity contribution is -0.315. The molecule has 1 saturated heterocycles. The van der Waals surface area contributed by atoms with Crippen LogP contribution in [0.25, 0.3) is 0 Å². The van der Waals surface area contributed by atoms with Gasteiger partial charge >= 0.3 is 5.97 Å². The Bertz CT molecular complexity index is 1110. The summed E-state index contributed by atoms with van der Waals surface area (Å²) in [6.07, 6.45) is -4.37. The number of carbonyl (C=O) groups excluding carboxylic acids is 1. The molecule has 1 aliphatic heterocycles. The summed E-state index contributed by atoms with van der Waals surface area (Å²) in [5, 5.41) is 11.0. The van der Waals surface area contributed by atoms with E-state index >= 15 is 0 Å². The van der Waals surface area contributed by atoms with Gasteiger partial charge in [-0.3, -0.25) is 4.79 Å². The first-order valence-corrected chi connectivity index (χ1v) is 12.6. The van der Waals surface area contributed by atoms with Crippen molar-refractivity contribution in [2.75, 3.05) is 13.7 Å². The maximum absolute atomic E-state index is 11.6. The molecule has 0 saturated carbocycles. The highest BCUT2D eigenvalue weighted by Crippen LogP contribution is 2.30. The van der Waals surface area contributed by atoms with Gasteiger partial charge in [-0.2, -0.15) is 0 Å². The predicted octanol–water partition coefficient (Wildman–Crippen LogP) is 4.03. The van der Waals surface area contributed by atoms with Crippen molar-refractivity contribution < 1.29 is 38.3 Å². The molecule has 38 heavy (non-hydrogen) atoms. The van der Waals surface area contributed by atoms with E-state index in [0.29, 0.717) is 0 Å². The molecule has 4 rings (SSSR count). The van der Waals surface area contributed by atoms with Gasteiger partial charge in [-0.15, -0.1) is 0 Å². The zero-order chi connectivity index (χ0) is 26.7. The fraction of sp³-hybridized carbons (Fsp3) is 0.367. The van der Waals surface area contributed by atoms with E-state index in [4.69, 9.17) is 28.4 Å². The van der Waals surface area contributed by atoms with Gasteiger partial charge in [0.15, 0.2) is 6.29 Å². The largest absolute Gasteiger partial charge is 0.497 e. The monoisotopic (exact) mass is 522 g/mol. The fourth-order valence-electron chi connectivity index (χ4n) is 4.24. The van der Waals surface area contributed by atoms with Crippen LogP contribution in [0.3, 0.4) is 0 Å². The van der Waals surface area contributed by atoms with Crippen LogP contribution < -0.4 is 4.74 Å². The van der Waals surface area contributed by atoms with Crippen molar-refractivity contribution in [1.29, 1.82) is 0 Å². The molecule has 3 aromatic carbocycles. The number of aliphatic hydroxyl groups is 1. The zero-order valence-corrected chi connectivity index (χ0v) is 21.6. The average molecular weight is 523 g/mol. The van der Waals surface area contributed by atoms with Gasteiger partial charge < -0.3 is 33.5 Å². The second kappa shape index (κ2) is 14.0. The molecule has 0 aromatic heterocycles. The predicted molar refractivity (Wildman–Crippen MR) is 139 cm³/mol. The lowest BCUT2D eigenvalue weighted by atomic mass is 9.98. The first-order valence-electron chi connectivity index (χ1n) is 12.6. The Labute approximate surface area is 223 Å². The minimum absolute atomic E-state index is 0.0976. The van der Waals surface area contributed by atoms with Crippen molar-refractivity contribution in [3.05, 3.63) is 102 Å². The van der Waals surface area contributed by atoms with Crippen molar-refractivity contribution in [3.8, 4) is 5.75 Å². The molecule has 5 atom stereocenters. The molecule has 1 fully saturated rings. The summed E-state index contributed by atoms with van der Waals surface area (Å²) in [7, 11) is 1.61. The third kappa shape index (κ3) is 7.86. The number of rotatable bonds is 12. The van der Waals surface area contributed by atoms with E-state index in [1.165, 1.54) is 6.92 Å². The van der Waals surface area contributed by atoms with Gasteiger partial charge in [-0.05, 0) is 28.8 Å². The van der Waals surface area contributed by atoms with Crippen LogP contribution in [0.1, 0.15) is 23.6 Å². The third-order valence-corrected chi connectivity index (χ3v) is 6.23. The van der Waals surface area contributed by atoms with Crippen LogP contribution in [0.5, 0.6) is 5.75 Å². The van der Waals surface area contributed by atoms with E-state index in [-0.39, 0.29) is 26.4 Å². The van der Waals surface area contributed by atoms with Crippen molar-refractivity contribution >= 4 is 5.97 Å². The normalized spacial score (nSPS) is 23.1. The second-order valence-corrected chi connectivity index (χ2v) is 9.01. The molecule has 8 nitrogen and oxygen atoms in total. The standard InChI is InChI=1S/C30H34O8/c1-21(31)34-20-26-27(35-17-22-9-5-3-6-10-22)28(36-19-24-13-15-25(33-2)16-14-24)29(30(32)38-26)37-18-23-11-7-4-8-12-23/h3-16,26-30,32H,17-20H2,1-2H3/t26-,27-,28+,29+,30+/m1/s1. The Morgan fingerprint density at radius 3 is 1.76 bits per heavy atom. The first kappa shape index (κ1) is 27.8. The van der Waals surface area contributed by atoms with Crippen molar-refractivity contribution in [2.24, 2.45) is 0 Å². The number of methoxy groups -OCH3 is 1. The minimum Gasteiger partial charge on any atom is -0.497 e. The van der Waals surface area contributed by atoms with Gasteiger partial charge in [-0.1, -0.05) is 72.8 Å². The molecule has 1 heterocycles. The number of hydrogen-bond acceptors (Lipinski definition) is 8. The Morgan fingerprint density at radius 2 is 1.24 bits per heavy atom. The quantitative estimate of drug-likeness (QED) is 0.357. The fourth-order valence-corrected chi connectivity index (χ4v) is 4.24. The molecule has 1 N–H and O–H groups in total. The summed E-state index contributed by atoms with van der Waals surface area (Å²) in [6, 6.07) is 26.9. The summed E-state index contributed by atoms with van der Waals surface area (Å²) >= 11 is 0. The van der Waals surface area contributed by atoms with E-state index in [1.54, 1.807) is 7.11 Å². The second-order valence-electron chi connectivity index (χ2n) is 9.01. The van der Waals surface area contributed by atoms with Crippen molar-refractivity contribution in [1.82, 2.24) is 0 Å². The van der Waals surface area contributed by atoms with Gasteiger partial charge in [0.1, 0.15) is 36.8 Å². The third-order valence-electron chi connectivity index (χ3n) is 6.23. The molecule has 1 aliphatic rings. The minimum atomic E-state index is -1.32. The average Bonchev–Trinajstić information content (AvgIpc) is 2.95. The molecule has 0 unspecified atom stereocenters. The number of esters is 1. The van der Waals surface area contributed by atoms with Crippen LogP contribution >= 0.6 is 0 Å². The molecule has 8 heteroatoms. The maximum Gasteiger partial charge on any atom is 0.302 e. The summed E-state index contributed by atoms with van der Waals surface area (Å²) < 4.78 is 35.3. The first-order chi connectivity index (χ1) is 18.5. The van der Waals surface area contributed by atoms with Gasteiger partial charge in [0.25, 0.3) is 0 Å². The lowest BCUT2D eigenvalue weighted by Crippen LogP contribution is -2.61. The molecular weight excluding hydrogens is 488 g/mol. The molecule has 0 spiro atoms. The summed E-state index contributed by atoms with van der Waals surface area (Å²) in [4.78, 5) is 11.6. The zero-order valence-electron chi connectivity index (χ0n) is 21.6. The van der Waals surface area contributed by atoms with Crippen LogP contribution in [0.15, 0.2) is 84.9 Å². The van der Waals surface area contributed by atoms with Crippen molar-refractivity contribution in [2.45, 2.75) is 57.5 Å². The lowest BCUT2D eigenvalue weighted by Gasteiger charge is -2.44. The molecular formula is C30H34O8. The SMILES string of the molecule is COc1ccc(CO[C@@H]2[C@H](OCc3ccccc3)[C@@H](O)O[C@H](COC(C)=O)[C@H]2OCc2ccccc2)cc1. The van der Waals surface area contributed by atoms with Crippen molar-refractivity contribution in [3.63, 3.8) is 0 Å². The van der Waals surface area contributed by atoms with Crippen LogP contribution in [0.2, 0.25) is 0 Å². The molecule has 0 bridgehead atoms. The maximum atomic E-state index is 11.6. The summed E-state index contributed by atoms with van der Waals surface area (Å²) in [6.45, 7) is 1.98. The molecule has 0 radical (unpaired) electrons. The Hall–Kier alpha value is -3.27. The molecule has 202 valence electrons. The highest BCUT2D eigenvalue weighted by atomic mass is 16.7. The van der Waals surface area contributed by atoms with Crippen LogP contribution in [-0.2, 0) is 48.3 Å².